The van der Waals surface area contributed by atoms with Crippen molar-refractivity contribution < 1.29 is 28.8 Å². The minimum Gasteiger partial charge on any atom is -0.379 e. The smallest absolute Gasteiger partial charge is 0.299 e. The van der Waals surface area contributed by atoms with E-state index in [1.807, 2.05) is 0 Å². The van der Waals surface area contributed by atoms with Gasteiger partial charge in [0.1, 0.15) is 5.69 Å². The van der Waals surface area contributed by atoms with Crippen LogP contribution in [-0.4, -0.2) is 69.2 Å². The largest absolute Gasteiger partial charge is 0.379 e. The molecule has 1 aromatic carbocycles. The molecule has 1 aromatic rings. The lowest BCUT2D eigenvalue weighted by Gasteiger charge is -2.09. The lowest BCUT2D eigenvalue weighted by molar-refractivity contribution is -0.393. The van der Waals surface area contributed by atoms with Gasteiger partial charge in [0.25, 0.3) is 11.4 Å². The zero-order valence-electron chi connectivity index (χ0n) is 18.1. The first kappa shape index (κ1) is 26.7. The third-order valence-corrected chi connectivity index (χ3v) is 4.21. The predicted molar refractivity (Wildman–Crippen MR) is 116 cm³/mol. The Kier molecular flexibility index (Phi) is 14.9. The van der Waals surface area contributed by atoms with Gasteiger partial charge < -0.3 is 24.3 Å². The molecule has 0 saturated carbocycles. The van der Waals surface area contributed by atoms with Crippen molar-refractivity contribution in [1.29, 1.82) is 0 Å². The maximum Gasteiger partial charge on any atom is 0.299 e. The van der Waals surface area contributed by atoms with E-state index >= 15 is 0 Å². The second-order valence-corrected chi connectivity index (χ2v) is 6.65. The van der Waals surface area contributed by atoms with Crippen molar-refractivity contribution >= 4 is 17.1 Å². The van der Waals surface area contributed by atoms with Gasteiger partial charge in [-0.05, 0) is 12.5 Å². The summed E-state index contributed by atoms with van der Waals surface area (Å²) < 4.78 is 21.7. The Morgan fingerprint density at radius 1 is 0.774 bits per heavy atom. The highest BCUT2D eigenvalue weighted by atomic mass is 16.6. The minimum absolute atomic E-state index is 0.206. The molecule has 0 radical (unpaired) electrons. The standard InChI is InChI=1S/C20H33N3O8/c1-2-3-4-5-9-28-11-13-30-15-16-31-14-12-29-10-8-21-19-7-6-18(22(24)25)17-20(19)23(26)27/h6-7,17,21H,2-5,8-16H2,1H3. The monoisotopic (exact) mass is 443 g/mol. The maximum atomic E-state index is 11.1. The third-order valence-electron chi connectivity index (χ3n) is 4.21. The number of anilines is 1. The number of nitrogens with zero attached hydrogens (tertiary/aromatic N) is 2. The Labute approximate surface area is 182 Å². The highest BCUT2D eigenvalue weighted by molar-refractivity contribution is 5.65. The van der Waals surface area contributed by atoms with Gasteiger partial charge in [0.15, 0.2) is 0 Å². The second kappa shape index (κ2) is 17.4. The number of benzene rings is 1. The SMILES string of the molecule is CCCCCCOCCOCCOCCOCCNc1ccc([N+](=O)[O-])cc1[N+](=O)[O-]. The Morgan fingerprint density at radius 3 is 1.90 bits per heavy atom. The van der Waals surface area contributed by atoms with Gasteiger partial charge in [-0.2, -0.15) is 0 Å². The first-order valence-electron chi connectivity index (χ1n) is 10.5. The molecular weight excluding hydrogens is 410 g/mol. The molecule has 1 rings (SSSR count). The molecule has 1 N–H and O–H groups in total. The maximum absolute atomic E-state index is 11.1. The number of hydrogen-bond donors (Lipinski definition) is 1. The summed E-state index contributed by atoms with van der Waals surface area (Å²) in [4.78, 5) is 20.5. The van der Waals surface area contributed by atoms with Gasteiger partial charge in [0, 0.05) is 19.2 Å². The van der Waals surface area contributed by atoms with Gasteiger partial charge in [-0.25, -0.2) is 0 Å². The summed E-state index contributed by atoms with van der Waals surface area (Å²) in [5, 5.41) is 24.6. The zero-order chi connectivity index (χ0) is 22.7. The number of rotatable bonds is 20. The van der Waals surface area contributed by atoms with Crippen LogP contribution in [-0.2, 0) is 18.9 Å². The lowest BCUT2D eigenvalue weighted by Crippen LogP contribution is -2.15. The molecule has 0 aliphatic rings. The van der Waals surface area contributed by atoms with Gasteiger partial charge >= 0.3 is 0 Å². The highest BCUT2D eigenvalue weighted by Gasteiger charge is 2.18. The summed E-state index contributed by atoms with van der Waals surface area (Å²) in [6.45, 7) is 6.48. The average molecular weight is 443 g/mol. The number of hydrogen-bond acceptors (Lipinski definition) is 9. The van der Waals surface area contributed by atoms with Crippen LogP contribution in [0.5, 0.6) is 0 Å². The normalized spacial score (nSPS) is 10.9. The van der Waals surface area contributed by atoms with E-state index in [0.29, 0.717) is 52.8 Å². The van der Waals surface area contributed by atoms with E-state index in [1.54, 1.807) is 0 Å². The number of unbranched alkanes of at least 4 members (excludes halogenated alkanes) is 3. The van der Waals surface area contributed by atoms with Crippen molar-refractivity contribution in [1.82, 2.24) is 0 Å². The van der Waals surface area contributed by atoms with Gasteiger partial charge in [0.05, 0.1) is 62.2 Å². The van der Waals surface area contributed by atoms with E-state index in [9.17, 15) is 20.2 Å². The van der Waals surface area contributed by atoms with Gasteiger partial charge in [-0.15, -0.1) is 0 Å². The van der Waals surface area contributed by atoms with E-state index in [0.717, 1.165) is 19.1 Å². The van der Waals surface area contributed by atoms with Crippen LogP contribution in [0.1, 0.15) is 32.6 Å². The molecule has 0 aliphatic heterocycles. The fourth-order valence-corrected chi connectivity index (χ4v) is 2.58. The third kappa shape index (κ3) is 12.8. The van der Waals surface area contributed by atoms with E-state index in [1.165, 1.54) is 31.4 Å². The number of non-ortho nitro benzene ring substituents is 1. The summed E-state index contributed by atoms with van der Waals surface area (Å²) in [6, 6.07) is 3.46. The summed E-state index contributed by atoms with van der Waals surface area (Å²) in [5.41, 5.74) is -0.471. The Bertz CT molecular complexity index is 645. The van der Waals surface area contributed by atoms with Crippen LogP contribution in [0.15, 0.2) is 18.2 Å². The Balaban J connectivity index is 1.97. The summed E-state index contributed by atoms with van der Waals surface area (Å²) >= 11 is 0. The number of nitro benzene ring substituents is 2. The van der Waals surface area contributed by atoms with E-state index < -0.39 is 9.85 Å². The molecule has 0 atom stereocenters. The van der Waals surface area contributed by atoms with Crippen LogP contribution < -0.4 is 5.32 Å². The molecule has 0 amide bonds. The fraction of sp³-hybridized carbons (Fsp3) is 0.700. The quantitative estimate of drug-likeness (QED) is 0.182. The van der Waals surface area contributed by atoms with Crippen molar-refractivity contribution in [3.05, 3.63) is 38.4 Å². The fourth-order valence-electron chi connectivity index (χ4n) is 2.58. The molecule has 31 heavy (non-hydrogen) atoms. The molecule has 0 fully saturated rings. The predicted octanol–water partition coefficient (Wildman–Crippen LogP) is 3.56. The molecule has 0 bridgehead atoms. The van der Waals surface area contributed by atoms with Crippen molar-refractivity contribution in [2.45, 2.75) is 32.6 Å². The molecule has 176 valence electrons. The number of nitrogens with one attached hydrogen (secondary N) is 1. The molecule has 0 aliphatic carbocycles. The van der Waals surface area contributed by atoms with Gasteiger partial charge in [0.2, 0.25) is 0 Å². The van der Waals surface area contributed by atoms with Crippen molar-refractivity contribution in [3.8, 4) is 0 Å². The van der Waals surface area contributed by atoms with E-state index in [-0.39, 0.29) is 17.1 Å². The van der Waals surface area contributed by atoms with Crippen LogP contribution in [0.2, 0.25) is 0 Å². The van der Waals surface area contributed by atoms with Gasteiger partial charge in [-0.1, -0.05) is 26.2 Å². The van der Waals surface area contributed by atoms with Crippen molar-refractivity contribution in [3.63, 3.8) is 0 Å². The molecule has 0 heterocycles. The zero-order valence-corrected chi connectivity index (χ0v) is 18.1. The first-order chi connectivity index (χ1) is 15.1. The van der Waals surface area contributed by atoms with Crippen molar-refractivity contribution in [2.24, 2.45) is 0 Å². The number of ether oxygens (including phenoxy) is 4. The topological polar surface area (TPSA) is 135 Å². The van der Waals surface area contributed by atoms with Crippen LogP contribution >= 0.6 is 0 Å². The molecule has 0 spiro atoms. The minimum atomic E-state index is -0.672. The van der Waals surface area contributed by atoms with Crippen LogP contribution in [0.3, 0.4) is 0 Å². The summed E-state index contributed by atoms with van der Waals surface area (Å²) in [5.74, 6) is 0. The van der Waals surface area contributed by atoms with Gasteiger partial charge in [-0.3, -0.25) is 20.2 Å². The Hall–Kier alpha value is -2.34. The number of nitro groups is 2. The second-order valence-electron chi connectivity index (χ2n) is 6.65. The average Bonchev–Trinajstić information content (AvgIpc) is 2.75. The summed E-state index contributed by atoms with van der Waals surface area (Å²) in [6.07, 6.45) is 4.77. The first-order valence-corrected chi connectivity index (χ1v) is 10.5. The molecule has 0 saturated heterocycles. The Morgan fingerprint density at radius 2 is 1.35 bits per heavy atom. The van der Waals surface area contributed by atoms with Crippen LogP contribution in [0, 0.1) is 20.2 Å². The molecule has 0 aromatic heterocycles. The van der Waals surface area contributed by atoms with E-state index in [2.05, 4.69) is 12.2 Å². The molecule has 11 heteroatoms. The molecule has 0 unspecified atom stereocenters. The highest BCUT2D eigenvalue weighted by Crippen LogP contribution is 2.28. The van der Waals surface area contributed by atoms with E-state index in [4.69, 9.17) is 18.9 Å². The molecule has 11 nitrogen and oxygen atoms in total. The summed E-state index contributed by atoms with van der Waals surface area (Å²) in [7, 11) is 0. The lowest BCUT2D eigenvalue weighted by atomic mass is 10.2. The van der Waals surface area contributed by atoms with Crippen LogP contribution in [0.25, 0.3) is 0 Å². The van der Waals surface area contributed by atoms with Crippen LogP contribution in [0.4, 0.5) is 17.1 Å². The van der Waals surface area contributed by atoms with Crippen molar-refractivity contribution in [2.75, 3.05) is 64.7 Å². The molecular formula is C20H33N3O8.